The van der Waals surface area contributed by atoms with E-state index < -0.39 is 0 Å². The molecule has 1 atom stereocenters. The third kappa shape index (κ3) is 2.36. The number of rotatable bonds is 4. The van der Waals surface area contributed by atoms with Crippen molar-refractivity contribution in [3.8, 4) is 0 Å². The summed E-state index contributed by atoms with van der Waals surface area (Å²) in [5.41, 5.74) is 0. The standard InChI is InChI=1S/C13H15NO3S/c1-3-9-4-5-11(18-9)10(15)7-14-12(16)6-8(2)13(14)17/h4-5,8H,3,6-7H2,1-2H3. The fourth-order valence-corrected chi connectivity index (χ4v) is 2.83. The van der Waals surface area contributed by atoms with Crippen LogP contribution < -0.4 is 0 Å². The van der Waals surface area contributed by atoms with Crippen LogP contribution in [0.5, 0.6) is 0 Å². The van der Waals surface area contributed by atoms with Crippen LogP contribution in [0, 0.1) is 5.92 Å². The molecule has 0 aromatic carbocycles. The minimum absolute atomic E-state index is 0.119. The lowest BCUT2D eigenvalue weighted by Gasteiger charge is -2.12. The van der Waals surface area contributed by atoms with Crippen molar-refractivity contribution in [1.29, 1.82) is 0 Å². The van der Waals surface area contributed by atoms with Crippen molar-refractivity contribution in [2.45, 2.75) is 26.7 Å². The van der Waals surface area contributed by atoms with Gasteiger partial charge in [-0.1, -0.05) is 13.8 Å². The molecule has 0 bridgehead atoms. The summed E-state index contributed by atoms with van der Waals surface area (Å²) in [5, 5.41) is 0. The van der Waals surface area contributed by atoms with Crippen molar-refractivity contribution < 1.29 is 14.4 Å². The number of carbonyl (C=O) groups excluding carboxylic acids is 3. The molecule has 2 rings (SSSR count). The van der Waals surface area contributed by atoms with Crippen LogP contribution in [0.4, 0.5) is 0 Å². The zero-order valence-electron chi connectivity index (χ0n) is 10.4. The smallest absolute Gasteiger partial charge is 0.232 e. The lowest BCUT2D eigenvalue weighted by atomic mass is 10.1. The molecule has 1 aromatic heterocycles. The third-order valence-electron chi connectivity index (χ3n) is 3.06. The Kier molecular flexibility index (Phi) is 3.61. The van der Waals surface area contributed by atoms with Gasteiger partial charge in [-0.25, -0.2) is 0 Å². The van der Waals surface area contributed by atoms with Crippen LogP contribution in [-0.2, 0) is 16.0 Å². The first-order valence-corrected chi connectivity index (χ1v) is 6.80. The summed E-state index contributed by atoms with van der Waals surface area (Å²) >= 11 is 1.43. The van der Waals surface area contributed by atoms with E-state index >= 15 is 0 Å². The van der Waals surface area contributed by atoms with Crippen LogP contribution in [0.2, 0.25) is 0 Å². The summed E-state index contributed by atoms with van der Waals surface area (Å²) in [6, 6.07) is 3.68. The Labute approximate surface area is 110 Å². The van der Waals surface area contributed by atoms with E-state index in [2.05, 4.69) is 0 Å². The van der Waals surface area contributed by atoms with Gasteiger partial charge in [0.1, 0.15) is 0 Å². The maximum Gasteiger partial charge on any atom is 0.232 e. The summed E-state index contributed by atoms with van der Waals surface area (Å²) in [6.45, 7) is 3.62. The highest BCUT2D eigenvalue weighted by atomic mass is 32.1. The van der Waals surface area contributed by atoms with Gasteiger partial charge in [0.05, 0.1) is 11.4 Å². The van der Waals surface area contributed by atoms with Crippen LogP contribution >= 0.6 is 11.3 Å². The Bertz CT molecular complexity index is 506. The number of carbonyl (C=O) groups is 3. The van der Waals surface area contributed by atoms with E-state index in [9.17, 15) is 14.4 Å². The van der Waals surface area contributed by atoms with Gasteiger partial charge in [-0.05, 0) is 18.6 Å². The molecule has 0 aliphatic carbocycles. The van der Waals surface area contributed by atoms with Crippen molar-refractivity contribution >= 4 is 28.9 Å². The molecule has 0 saturated carbocycles. The molecule has 1 aliphatic heterocycles. The number of ketones is 1. The second kappa shape index (κ2) is 5.02. The van der Waals surface area contributed by atoms with E-state index in [1.54, 1.807) is 13.0 Å². The summed E-state index contributed by atoms with van der Waals surface area (Å²) < 4.78 is 0. The molecule has 1 fully saturated rings. The molecule has 2 heterocycles. The normalized spacial score (nSPS) is 19.7. The van der Waals surface area contributed by atoms with Gasteiger partial charge < -0.3 is 0 Å². The summed E-state index contributed by atoms with van der Waals surface area (Å²) in [4.78, 5) is 38.1. The first kappa shape index (κ1) is 13.0. The molecule has 2 amide bonds. The van der Waals surface area contributed by atoms with Crippen molar-refractivity contribution in [3.63, 3.8) is 0 Å². The number of aryl methyl sites for hydroxylation is 1. The minimum atomic E-state index is -0.292. The Morgan fingerprint density at radius 2 is 2.17 bits per heavy atom. The largest absolute Gasteiger partial charge is 0.291 e. The molecule has 0 spiro atoms. The first-order valence-electron chi connectivity index (χ1n) is 5.99. The van der Waals surface area contributed by atoms with Gasteiger partial charge >= 0.3 is 0 Å². The molecule has 1 saturated heterocycles. The monoisotopic (exact) mass is 265 g/mol. The average Bonchev–Trinajstić information content (AvgIpc) is 2.90. The number of likely N-dealkylation sites (tertiary alicyclic amines) is 1. The first-order chi connectivity index (χ1) is 8.52. The Morgan fingerprint density at radius 3 is 2.67 bits per heavy atom. The van der Waals surface area contributed by atoms with Crippen molar-refractivity contribution in [3.05, 3.63) is 21.9 Å². The van der Waals surface area contributed by atoms with Crippen molar-refractivity contribution in [2.75, 3.05) is 6.54 Å². The molecule has 18 heavy (non-hydrogen) atoms. The molecule has 0 radical (unpaired) electrons. The summed E-state index contributed by atoms with van der Waals surface area (Å²) in [5.74, 6) is -0.927. The van der Waals surface area contributed by atoms with Gasteiger partial charge in [-0.3, -0.25) is 19.3 Å². The third-order valence-corrected chi connectivity index (χ3v) is 4.33. The van der Waals surface area contributed by atoms with Gasteiger partial charge in [0, 0.05) is 17.2 Å². The topological polar surface area (TPSA) is 54.5 Å². The molecule has 5 heteroatoms. The fourth-order valence-electron chi connectivity index (χ4n) is 1.95. The number of imide groups is 1. The van der Waals surface area contributed by atoms with Crippen LogP contribution in [0.3, 0.4) is 0 Å². The molecular formula is C13H15NO3S. The van der Waals surface area contributed by atoms with Crippen LogP contribution in [0.1, 0.15) is 34.8 Å². The van der Waals surface area contributed by atoms with Gasteiger partial charge in [0.15, 0.2) is 5.78 Å². The molecule has 1 aliphatic rings. The second-order valence-electron chi connectivity index (χ2n) is 4.47. The van der Waals surface area contributed by atoms with Gasteiger partial charge in [0.2, 0.25) is 11.8 Å². The van der Waals surface area contributed by atoms with Gasteiger partial charge in [-0.2, -0.15) is 0 Å². The maximum atomic E-state index is 12.0. The lowest BCUT2D eigenvalue weighted by Crippen LogP contribution is -2.35. The number of hydrogen-bond acceptors (Lipinski definition) is 4. The van der Waals surface area contributed by atoms with Crippen LogP contribution in [-0.4, -0.2) is 29.0 Å². The fraction of sp³-hybridized carbons (Fsp3) is 0.462. The summed E-state index contributed by atoms with van der Waals surface area (Å²) in [6.07, 6.45) is 1.10. The molecule has 0 N–H and O–H groups in total. The highest BCUT2D eigenvalue weighted by Crippen LogP contribution is 2.21. The van der Waals surface area contributed by atoms with Crippen molar-refractivity contribution in [1.82, 2.24) is 4.90 Å². The molecular weight excluding hydrogens is 250 g/mol. The highest BCUT2D eigenvalue weighted by molar-refractivity contribution is 7.14. The highest BCUT2D eigenvalue weighted by Gasteiger charge is 2.36. The Morgan fingerprint density at radius 1 is 1.44 bits per heavy atom. The predicted molar refractivity (Wildman–Crippen MR) is 68.5 cm³/mol. The zero-order chi connectivity index (χ0) is 13.3. The number of nitrogens with zero attached hydrogens (tertiary/aromatic N) is 1. The van der Waals surface area contributed by atoms with Crippen LogP contribution in [0.15, 0.2) is 12.1 Å². The SMILES string of the molecule is CCc1ccc(C(=O)CN2C(=O)CC(C)C2=O)s1. The quantitative estimate of drug-likeness (QED) is 0.617. The Balaban J connectivity index is 2.07. The molecule has 96 valence electrons. The number of amides is 2. The van der Waals surface area contributed by atoms with Crippen molar-refractivity contribution in [2.24, 2.45) is 5.92 Å². The van der Waals surface area contributed by atoms with E-state index in [1.165, 1.54) is 11.3 Å². The van der Waals surface area contributed by atoms with E-state index in [-0.39, 0.29) is 36.5 Å². The van der Waals surface area contributed by atoms with Gasteiger partial charge in [0.25, 0.3) is 0 Å². The second-order valence-corrected chi connectivity index (χ2v) is 5.63. The van der Waals surface area contributed by atoms with Crippen LogP contribution in [0.25, 0.3) is 0 Å². The maximum absolute atomic E-state index is 12.0. The van der Waals surface area contributed by atoms with E-state index in [0.717, 1.165) is 16.2 Å². The zero-order valence-corrected chi connectivity index (χ0v) is 11.3. The average molecular weight is 265 g/mol. The predicted octanol–water partition coefficient (Wildman–Crippen LogP) is 1.89. The number of Topliss-reactive ketones (excluding diaryl/α,β-unsaturated/α-hetero) is 1. The minimum Gasteiger partial charge on any atom is -0.291 e. The summed E-state index contributed by atoms with van der Waals surface area (Å²) in [7, 11) is 0. The Hall–Kier alpha value is -1.49. The van der Waals surface area contributed by atoms with E-state index in [4.69, 9.17) is 0 Å². The molecule has 1 unspecified atom stereocenters. The molecule has 1 aromatic rings. The molecule has 4 nitrogen and oxygen atoms in total. The van der Waals surface area contributed by atoms with E-state index in [0.29, 0.717) is 4.88 Å². The van der Waals surface area contributed by atoms with E-state index in [1.807, 2.05) is 13.0 Å². The lowest BCUT2D eigenvalue weighted by molar-refractivity contribution is -0.138. The van der Waals surface area contributed by atoms with Gasteiger partial charge in [-0.15, -0.1) is 11.3 Å². The number of hydrogen-bond donors (Lipinski definition) is 0. The number of thiophene rings is 1.